The molecule has 0 fully saturated rings. The summed E-state index contributed by atoms with van der Waals surface area (Å²) in [5, 5.41) is 7.08. The van der Waals surface area contributed by atoms with E-state index in [-0.39, 0.29) is 24.5 Å². The number of rotatable bonds is 7. The van der Waals surface area contributed by atoms with Gasteiger partial charge in [0.1, 0.15) is 0 Å². The summed E-state index contributed by atoms with van der Waals surface area (Å²) in [6, 6.07) is 17.9. The van der Waals surface area contributed by atoms with Crippen LogP contribution in [0.1, 0.15) is 44.0 Å². The first-order chi connectivity index (χ1) is 11.5. The highest BCUT2D eigenvalue weighted by molar-refractivity contribution is 6.30. The minimum absolute atomic E-state index is 0.0148. The molecule has 0 heterocycles. The SMILES string of the molecule is CC(C)[C@H](NCC(=O)N[C@@H](C)c1ccc(Cl)cc1)c1ccccc1. The fourth-order valence-corrected chi connectivity index (χ4v) is 2.85. The van der Waals surface area contributed by atoms with Crippen LogP contribution in [0.4, 0.5) is 0 Å². The molecule has 2 aromatic carbocycles. The second-order valence-electron chi connectivity index (χ2n) is 6.35. The van der Waals surface area contributed by atoms with Crippen LogP contribution in [0.2, 0.25) is 5.02 Å². The molecule has 0 radical (unpaired) electrons. The Bertz CT molecular complexity index is 640. The maximum atomic E-state index is 12.3. The summed E-state index contributed by atoms with van der Waals surface area (Å²) in [6.07, 6.45) is 0. The van der Waals surface area contributed by atoms with Gasteiger partial charge in [0, 0.05) is 11.1 Å². The first-order valence-corrected chi connectivity index (χ1v) is 8.68. The molecule has 0 aliphatic rings. The number of halogens is 1. The van der Waals surface area contributed by atoms with Gasteiger partial charge in [-0.15, -0.1) is 0 Å². The third kappa shape index (κ3) is 5.36. The molecule has 4 heteroatoms. The molecule has 2 aromatic rings. The second kappa shape index (κ2) is 8.86. The van der Waals surface area contributed by atoms with Crippen LogP contribution in [0.3, 0.4) is 0 Å². The Balaban J connectivity index is 1.90. The fourth-order valence-electron chi connectivity index (χ4n) is 2.73. The van der Waals surface area contributed by atoms with Crippen LogP contribution in [-0.4, -0.2) is 12.5 Å². The summed E-state index contributed by atoms with van der Waals surface area (Å²) in [5.74, 6) is 0.382. The number of carbonyl (C=O) groups excluding carboxylic acids is 1. The van der Waals surface area contributed by atoms with Crippen LogP contribution in [0, 0.1) is 5.92 Å². The third-order valence-electron chi connectivity index (χ3n) is 4.06. The Morgan fingerprint density at radius 3 is 2.17 bits per heavy atom. The van der Waals surface area contributed by atoms with E-state index >= 15 is 0 Å². The monoisotopic (exact) mass is 344 g/mol. The van der Waals surface area contributed by atoms with Crippen molar-refractivity contribution in [1.29, 1.82) is 0 Å². The van der Waals surface area contributed by atoms with E-state index in [1.165, 1.54) is 5.56 Å². The molecule has 2 rings (SSSR count). The molecule has 2 atom stereocenters. The van der Waals surface area contributed by atoms with Crippen molar-refractivity contribution < 1.29 is 4.79 Å². The molecule has 1 amide bonds. The van der Waals surface area contributed by atoms with Crippen LogP contribution in [0.15, 0.2) is 54.6 Å². The number of hydrogen-bond acceptors (Lipinski definition) is 2. The quantitative estimate of drug-likeness (QED) is 0.776. The number of carbonyl (C=O) groups is 1. The van der Waals surface area contributed by atoms with E-state index in [2.05, 4.69) is 36.6 Å². The van der Waals surface area contributed by atoms with Crippen LogP contribution in [0.5, 0.6) is 0 Å². The summed E-state index contributed by atoms with van der Waals surface area (Å²) in [5.41, 5.74) is 2.24. The third-order valence-corrected chi connectivity index (χ3v) is 4.31. The zero-order valence-electron chi connectivity index (χ0n) is 14.4. The minimum Gasteiger partial charge on any atom is -0.348 e. The number of hydrogen-bond donors (Lipinski definition) is 2. The van der Waals surface area contributed by atoms with Gasteiger partial charge in [0.05, 0.1) is 12.6 Å². The summed E-state index contributed by atoms with van der Waals surface area (Å²) in [4.78, 5) is 12.3. The molecule has 0 spiro atoms. The van der Waals surface area contributed by atoms with E-state index in [1.54, 1.807) is 0 Å². The Hall–Kier alpha value is -1.84. The highest BCUT2D eigenvalue weighted by Gasteiger charge is 2.17. The van der Waals surface area contributed by atoms with Gasteiger partial charge in [0.25, 0.3) is 0 Å². The molecule has 24 heavy (non-hydrogen) atoms. The molecule has 3 nitrogen and oxygen atoms in total. The fraction of sp³-hybridized carbons (Fsp3) is 0.350. The van der Waals surface area contributed by atoms with Gasteiger partial charge >= 0.3 is 0 Å². The van der Waals surface area contributed by atoms with Gasteiger partial charge in [-0.05, 0) is 36.1 Å². The standard InChI is InChI=1S/C20H25ClN2O/c1-14(2)20(17-7-5-4-6-8-17)22-13-19(24)23-15(3)16-9-11-18(21)12-10-16/h4-12,14-15,20,22H,13H2,1-3H3,(H,23,24)/t15-,20-/m0/s1. The Labute approximate surface area is 149 Å². The first-order valence-electron chi connectivity index (χ1n) is 8.30. The molecule has 0 saturated carbocycles. The molecule has 2 N–H and O–H groups in total. The molecule has 0 aliphatic heterocycles. The average Bonchev–Trinajstić information content (AvgIpc) is 2.56. The lowest BCUT2D eigenvalue weighted by Gasteiger charge is -2.23. The van der Waals surface area contributed by atoms with E-state index in [0.29, 0.717) is 10.9 Å². The maximum Gasteiger partial charge on any atom is 0.234 e. The van der Waals surface area contributed by atoms with Crippen molar-refractivity contribution in [3.8, 4) is 0 Å². The van der Waals surface area contributed by atoms with Crippen molar-refractivity contribution >= 4 is 17.5 Å². The normalized spacial score (nSPS) is 13.5. The van der Waals surface area contributed by atoms with Crippen molar-refractivity contribution in [3.63, 3.8) is 0 Å². The van der Waals surface area contributed by atoms with E-state index in [4.69, 9.17) is 11.6 Å². The summed E-state index contributed by atoms with van der Waals surface area (Å²) in [6.45, 7) is 6.56. The average molecular weight is 345 g/mol. The Kier molecular flexibility index (Phi) is 6.83. The maximum absolute atomic E-state index is 12.3. The van der Waals surface area contributed by atoms with E-state index in [9.17, 15) is 4.79 Å². The van der Waals surface area contributed by atoms with E-state index in [0.717, 1.165) is 5.56 Å². The van der Waals surface area contributed by atoms with Crippen molar-refractivity contribution in [2.45, 2.75) is 32.9 Å². The van der Waals surface area contributed by atoms with Crippen molar-refractivity contribution in [3.05, 3.63) is 70.7 Å². The minimum atomic E-state index is -0.0502. The molecule has 0 aliphatic carbocycles. The van der Waals surface area contributed by atoms with Gasteiger partial charge in [-0.3, -0.25) is 4.79 Å². The lowest BCUT2D eigenvalue weighted by atomic mass is 9.96. The molecular weight excluding hydrogens is 320 g/mol. The van der Waals surface area contributed by atoms with Crippen LogP contribution < -0.4 is 10.6 Å². The van der Waals surface area contributed by atoms with Crippen LogP contribution in [-0.2, 0) is 4.79 Å². The number of nitrogens with one attached hydrogen (secondary N) is 2. The topological polar surface area (TPSA) is 41.1 Å². The lowest BCUT2D eigenvalue weighted by molar-refractivity contribution is -0.121. The molecule has 0 unspecified atom stereocenters. The zero-order chi connectivity index (χ0) is 17.5. The molecule has 0 bridgehead atoms. The lowest BCUT2D eigenvalue weighted by Crippen LogP contribution is -2.38. The smallest absolute Gasteiger partial charge is 0.234 e. The van der Waals surface area contributed by atoms with E-state index < -0.39 is 0 Å². The molecule has 128 valence electrons. The summed E-state index contributed by atoms with van der Waals surface area (Å²) in [7, 11) is 0. The summed E-state index contributed by atoms with van der Waals surface area (Å²) >= 11 is 5.90. The van der Waals surface area contributed by atoms with Crippen molar-refractivity contribution in [2.24, 2.45) is 5.92 Å². The number of amides is 1. The Morgan fingerprint density at radius 2 is 1.58 bits per heavy atom. The first kappa shape index (κ1) is 18.5. The zero-order valence-corrected chi connectivity index (χ0v) is 15.2. The molecule has 0 aromatic heterocycles. The van der Waals surface area contributed by atoms with Gasteiger partial charge in [0.15, 0.2) is 0 Å². The van der Waals surface area contributed by atoms with Crippen LogP contribution in [0.25, 0.3) is 0 Å². The van der Waals surface area contributed by atoms with Gasteiger partial charge < -0.3 is 10.6 Å². The highest BCUT2D eigenvalue weighted by Crippen LogP contribution is 2.21. The summed E-state index contributed by atoms with van der Waals surface area (Å²) < 4.78 is 0. The van der Waals surface area contributed by atoms with E-state index in [1.807, 2.05) is 49.4 Å². The largest absolute Gasteiger partial charge is 0.348 e. The van der Waals surface area contributed by atoms with Crippen molar-refractivity contribution in [1.82, 2.24) is 10.6 Å². The van der Waals surface area contributed by atoms with Crippen LogP contribution >= 0.6 is 11.6 Å². The van der Waals surface area contributed by atoms with Gasteiger partial charge in [0.2, 0.25) is 5.91 Å². The van der Waals surface area contributed by atoms with Crippen molar-refractivity contribution in [2.75, 3.05) is 6.54 Å². The van der Waals surface area contributed by atoms with Gasteiger partial charge in [-0.25, -0.2) is 0 Å². The second-order valence-corrected chi connectivity index (χ2v) is 6.79. The number of benzene rings is 2. The Morgan fingerprint density at radius 1 is 0.958 bits per heavy atom. The molecular formula is C20H25ClN2O. The predicted octanol–water partition coefficient (Wildman–Crippen LogP) is 4.50. The molecule has 0 saturated heterocycles. The van der Waals surface area contributed by atoms with Gasteiger partial charge in [-0.1, -0.05) is 67.9 Å². The van der Waals surface area contributed by atoms with Gasteiger partial charge in [-0.2, -0.15) is 0 Å². The highest BCUT2D eigenvalue weighted by atomic mass is 35.5. The predicted molar refractivity (Wildman–Crippen MR) is 100 cm³/mol.